The van der Waals surface area contributed by atoms with Gasteiger partial charge in [0.05, 0.1) is 44.1 Å². The Labute approximate surface area is 218 Å². The van der Waals surface area contributed by atoms with Gasteiger partial charge < -0.3 is 29.0 Å². The van der Waals surface area contributed by atoms with Crippen LogP contribution in [0.5, 0.6) is 11.5 Å². The lowest BCUT2D eigenvalue weighted by atomic mass is 9.98. The lowest BCUT2D eigenvalue weighted by Gasteiger charge is -2.23. The van der Waals surface area contributed by atoms with Crippen molar-refractivity contribution < 1.29 is 38.1 Å². The zero-order chi connectivity index (χ0) is 26.2. The van der Waals surface area contributed by atoms with Gasteiger partial charge in [-0.3, -0.25) is 14.4 Å². The van der Waals surface area contributed by atoms with Crippen LogP contribution in [0, 0.1) is 0 Å². The van der Waals surface area contributed by atoms with E-state index in [1.54, 1.807) is 37.3 Å². The van der Waals surface area contributed by atoms with Crippen LogP contribution in [0.1, 0.15) is 43.9 Å². The Balaban J connectivity index is 2.03. The molecule has 0 saturated carbocycles. The maximum atomic E-state index is 13.1. The summed E-state index contributed by atoms with van der Waals surface area (Å²) in [5, 5.41) is 3.42. The number of fused-ring (bicyclic) bond motifs is 1. The summed E-state index contributed by atoms with van der Waals surface area (Å²) in [6, 6.07) is 8.36. The molecule has 1 heterocycles. The molecule has 0 bridgehead atoms. The van der Waals surface area contributed by atoms with Crippen molar-refractivity contribution in [3.63, 3.8) is 0 Å². The summed E-state index contributed by atoms with van der Waals surface area (Å²) in [6.07, 6.45) is -1.97. The van der Waals surface area contributed by atoms with Gasteiger partial charge in [0.25, 0.3) is 5.91 Å². The van der Waals surface area contributed by atoms with Crippen molar-refractivity contribution in [1.29, 1.82) is 0 Å². The maximum Gasteiger partial charge on any atom is 0.308 e. The number of benzene rings is 2. The van der Waals surface area contributed by atoms with E-state index in [9.17, 15) is 14.4 Å². The Morgan fingerprint density at radius 1 is 1.08 bits per heavy atom. The molecule has 1 amide bonds. The summed E-state index contributed by atoms with van der Waals surface area (Å²) in [5.74, 6) is -0.828. The monoisotopic (exact) mass is 539 g/mol. The fourth-order valence-corrected chi connectivity index (χ4v) is 4.18. The van der Waals surface area contributed by atoms with E-state index in [2.05, 4.69) is 5.32 Å². The van der Waals surface area contributed by atoms with Gasteiger partial charge >= 0.3 is 11.9 Å². The first-order chi connectivity index (χ1) is 17.2. The van der Waals surface area contributed by atoms with Gasteiger partial charge in [0.2, 0.25) is 0 Å². The summed E-state index contributed by atoms with van der Waals surface area (Å²) < 4.78 is 27.4. The van der Waals surface area contributed by atoms with Crippen LogP contribution in [0.25, 0.3) is 0 Å². The highest BCUT2D eigenvalue weighted by atomic mass is 35.5. The topological polar surface area (TPSA) is 109 Å². The number of carbonyl (C=O) groups is 3. The molecule has 1 N–H and O–H groups in total. The van der Waals surface area contributed by atoms with Gasteiger partial charge in [-0.1, -0.05) is 35.3 Å². The van der Waals surface area contributed by atoms with Crippen LogP contribution in [0.4, 0.5) is 5.69 Å². The van der Waals surface area contributed by atoms with Crippen LogP contribution < -0.4 is 14.8 Å². The van der Waals surface area contributed by atoms with Crippen LogP contribution in [-0.2, 0) is 28.6 Å². The average Bonchev–Trinajstić information content (AvgIpc) is 2.95. The summed E-state index contributed by atoms with van der Waals surface area (Å²) in [5.41, 5.74) is 1.31. The molecular weight excluding hydrogens is 513 g/mol. The molecule has 0 aromatic heterocycles. The van der Waals surface area contributed by atoms with Crippen molar-refractivity contribution in [3.8, 4) is 11.5 Å². The number of hydrogen-bond acceptors (Lipinski definition) is 8. The lowest BCUT2D eigenvalue weighted by molar-refractivity contribution is -0.150. The second kappa shape index (κ2) is 12.8. The second-order valence-corrected chi connectivity index (χ2v) is 8.59. The number of nitrogens with one attached hydrogen (secondary N) is 1. The fraction of sp³-hybridized carbons (Fsp3) is 0.400. The number of esters is 2. The molecule has 11 heteroatoms. The Bertz CT molecular complexity index is 1120. The molecule has 0 saturated heterocycles. The molecule has 0 aliphatic carbocycles. The number of halogens is 2. The van der Waals surface area contributed by atoms with E-state index in [0.29, 0.717) is 34.0 Å². The number of methoxy groups -OCH3 is 1. The molecule has 2 atom stereocenters. The number of anilines is 1. The Morgan fingerprint density at radius 2 is 1.86 bits per heavy atom. The molecule has 2 aromatic rings. The molecular formula is C25H27Cl2NO8. The molecule has 0 spiro atoms. The minimum atomic E-state index is -1.18. The zero-order valence-electron chi connectivity index (χ0n) is 20.1. The van der Waals surface area contributed by atoms with Crippen LogP contribution in [0.3, 0.4) is 0 Å². The summed E-state index contributed by atoms with van der Waals surface area (Å²) >= 11 is 13.0. The predicted molar refractivity (Wildman–Crippen MR) is 133 cm³/mol. The van der Waals surface area contributed by atoms with Gasteiger partial charge in [-0.15, -0.1) is 0 Å². The SMILES string of the molecule is CCOC(=O)C[C@@H]1O[C@@H](c2cccc(OC)c2Cl)c2cc(Cl)cc(OCCCOC(C)=O)c2NC1=O. The standard InChI is InChI=1S/C25H27Cl2NO8/c1-4-33-21(30)13-20-25(31)28-23-17(24(36-20)16-7-5-8-18(32-3)22(16)27)11-15(26)12-19(23)35-10-6-9-34-14(2)29/h5,7-8,11-12,20,24H,4,6,9-10,13H2,1-3H3,(H,28,31)/t20-,24-/m0/s1. The van der Waals surface area contributed by atoms with E-state index in [-0.39, 0.29) is 43.0 Å². The van der Waals surface area contributed by atoms with E-state index in [1.807, 2.05) is 0 Å². The first-order valence-electron chi connectivity index (χ1n) is 11.3. The van der Waals surface area contributed by atoms with Crippen LogP contribution in [0.15, 0.2) is 30.3 Å². The molecule has 0 unspecified atom stereocenters. The number of rotatable bonds is 10. The summed E-state index contributed by atoms with van der Waals surface area (Å²) in [6.45, 7) is 3.53. The highest BCUT2D eigenvalue weighted by Crippen LogP contribution is 2.45. The van der Waals surface area contributed by atoms with Crippen molar-refractivity contribution in [2.75, 3.05) is 32.2 Å². The van der Waals surface area contributed by atoms with Crippen LogP contribution in [-0.4, -0.2) is 50.9 Å². The average molecular weight is 540 g/mol. The number of amides is 1. The minimum Gasteiger partial charge on any atom is -0.495 e. The van der Waals surface area contributed by atoms with Crippen LogP contribution >= 0.6 is 23.2 Å². The van der Waals surface area contributed by atoms with E-state index in [4.69, 9.17) is 46.9 Å². The third-order valence-corrected chi connectivity index (χ3v) is 5.85. The largest absolute Gasteiger partial charge is 0.495 e. The van der Waals surface area contributed by atoms with Crippen molar-refractivity contribution in [2.45, 2.75) is 38.9 Å². The van der Waals surface area contributed by atoms with Crippen molar-refractivity contribution in [1.82, 2.24) is 0 Å². The van der Waals surface area contributed by atoms with Crippen molar-refractivity contribution >= 4 is 46.7 Å². The molecule has 36 heavy (non-hydrogen) atoms. The van der Waals surface area contributed by atoms with Gasteiger partial charge in [0.15, 0.2) is 0 Å². The van der Waals surface area contributed by atoms with Gasteiger partial charge in [-0.05, 0) is 19.1 Å². The lowest BCUT2D eigenvalue weighted by Crippen LogP contribution is -2.32. The molecule has 0 radical (unpaired) electrons. The van der Waals surface area contributed by atoms with E-state index >= 15 is 0 Å². The third-order valence-electron chi connectivity index (χ3n) is 5.23. The predicted octanol–water partition coefficient (Wildman–Crippen LogP) is 4.71. The van der Waals surface area contributed by atoms with Gasteiger partial charge in [0, 0.05) is 35.6 Å². The second-order valence-electron chi connectivity index (χ2n) is 7.78. The minimum absolute atomic E-state index is 0.166. The Hall–Kier alpha value is -3.01. The van der Waals surface area contributed by atoms with Gasteiger partial charge in [-0.25, -0.2) is 0 Å². The first-order valence-corrected chi connectivity index (χ1v) is 12.0. The number of hydrogen-bond donors (Lipinski definition) is 1. The highest BCUT2D eigenvalue weighted by Gasteiger charge is 2.36. The molecule has 9 nitrogen and oxygen atoms in total. The Morgan fingerprint density at radius 3 is 2.56 bits per heavy atom. The molecule has 1 aliphatic heterocycles. The van der Waals surface area contributed by atoms with E-state index in [0.717, 1.165) is 0 Å². The summed E-state index contributed by atoms with van der Waals surface area (Å²) in [7, 11) is 1.49. The van der Waals surface area contributed by atoms with Crippen LogP contribution in [0.2, 0.25) is 10.0 Å². The Kier molecular flexibility index (Phi) is 9.81. The zero-order valence-corrected chi connectivity index (χ0v) is 21.6. The quantitative estimate of drug-likeness (QED) is 0.341. The molecule has 2 aromatic carbocycles. The normalized spacial score (nSPS) is 16.9. The molecule has 194 valence electrons. The number of carbonyl (C=O) groups excluding carboxylic acids is 3. The smallest absolute Gasteiger partial charge is 0.308 e. The van der Waals surface area contributed by atoms with Crippen molar-refractivity contribution in [2.24, 2.45) is 0 Å². The van der Waals surface area contributed by atoms with Gasteiger partial charge in [-0.2, -0.15) is 0 Å². The summed E-state index contributed by atoms with van der Waals surface area (Å²) in [4.78, 5) is 36.3. The molecule has 3 rings (SSSR count). The van der Waals surface area contributed by atoms with Crippen molar-refractivity contribution in [3.05, 3.63) is 51.5 Å². The first kappa shape index (κ1) is 27.6. The van der Waals surface area contributed by atoms with E-state index < -0.39 is 24.1 Å². The highest BCUT2D eigenvalue weighted by molar-refractivity contribution is 6.33. The molecule has 0 fully saturated rings. The fourth-order valence-electron chi connectivity index (χ4n) is 3.66. The van der Waals surface area contributed by atoms with Gasteiger partial charge in [0.1, 0.15) is 23.7 Å². The van der Waals surface area contributed by atoms with E-state index in [1.165, 1.54) is 14.0 Å². The number of ether oxygens (including phenoxy) is 5. The maximum absolute atomic E-state index is 13.1. The third kappa shape index (κ3) is 6.81. The molecule has 1 aliphatic rings.